The summed E-state index contributed by atoms with van der Waals surface area (Å²) in [5, 5.41) is 11.7. The molecule has 0 saturated carbocycles. The number of aliphatic carboxylic acids is 1. The van der Waals surface area contributed by atoms with E-state index in [0.29, 0.717) is 19.0 Å². The lowest BCUT2D eigenvalue weighted by atomic mass is 10.2. The molecule has 0 aliphatic heterocycles. The number of oxazole rings is 1. The fourth-order valence-electron chi connectivity index (χ4n) is 1.89. The van der Waals surface area contributed by atoms with Gasteiger partial charge in [-0.25, -0.2) is 4.98 Å². The quantitative estimate of drug-likeness (QED) is 0.719. The van der Waals surface area contributed by atoms with Crippen LogP contribution >= 0.6 is 0 Å². The largest absolute Gasteiger partial charge is 0.481 e. The molecule has 6 heteroatoms. The number of carboxylic acid groups (broad SMARTS) is 1. The summed E-state index contributed by atoms with van der Waals surface area (Å²) in [6, 6.07) is 5.40. The van der Waals surface area contributed by atoms with Gasteiger partial charge in [-0.2, -0.15) is 0 Å². The number of nitrogens with one attached hydrogen (secondary N) is 1. The maximum atomic E-state index is 10.5. The van der Waals surface area contributed by atoms with Crippen LogP contribution in [0.15, 0.2) is 22.6 Å². The molecule has 1 unspecified atom stereocenters. The third kappa shape index (κ3) is 3.77. The Hall–Kier alpha value is -1.92. The van der Waals surface area contributed by atoms with Gasteiger partial charge >= 0.3 is 5.97 Å². The summed E-state index contributed by atoms with van der Waals surface area (Å²) in [4.78, 5) is 14.7. The van der Waals surface area contributed by atoms with Crippen molar-refractivity contribution in [2.45, 2.75) is 25.9 Å². The van der Waals surface area contributed by atoms with Crippen LogP contribution in [0.2, 0.25) is 0 Å². The number of carboxylic acids is 1. The van der Waals surface area contributed by atoms with Crippen LogP contribution in [0.1, 0.15) is 17.9 Å². The van der Waals surface area contributed by atoms with Gasteiger partial charge in [0.15, 0.2) is 11.5 Å². The Bertz CT molecular complexity index is 580. The number of fused-ring (bicyclic) bond motifs is 1. The van der Waals surface area contributed by atoms with E-state index in [9.17, 15) is 4.79 Å². The first-order valence-electron chi connectivity index (χ1n) is 6.09. The predicted molar refractivity (Wildman–Crippen MR) is 70.7 cm³/mol. The van der Waals surface area contributed by atoms with E-state index in [1.54, 1.807) is 0 Å². The zero-order valence-corrected chi connectivity index (χ0v) is 10.7. The molecule has 4 N–H and O–H groups in total. The van der Waals surface area contributed by atoms with Crippen LogP contribution < -0.4 is 11.1 Å². The molecule has 0 bridgehead atoms. The summed E-state index contributed by atoms with van der Waals surface area (Å²) in [6.45, 7) is 2.88. The average Bonchev–Trinajstić information content (AvgIpc) is 2.67. The maximum Gasteiger partial charge on any atom is 0.304 e. The van der Waals surface area contributed by atoms with E-state index in [1.165, 1.54) is 0 Å². The Labute approximate surface area is 110 Å². The van der Waals surface area contributed by atoms with E-state index in [-0.39, 0.29) is 12.5 Å². The van der Waals surface area contributed by atoms with Crippen LogP contribution in [0.3, 0.4) is 0 Å². The van der Waals surface area contributed by atoms with Crippen molar-refractivity contribution >= 4 is 17.1 Å². The summed E-state index contributed by atoms with van der Waals surface area (Å²) >= 11 is 0. The highest BCUT2D eigenvalue weighted by Crippen LogP contribution is 2.16. The lowest BCUT2D eigenvalue weighted by Crippen LogP contribution is -2.35. The predicted octanol–water partition coefficient (Wildman–Crippen LogP) is 1.03. The summed E-state index contributed by atoms with van der Waals surface area (Å²) < 4.78 is 5.45. The molecule has 1 aromatic heterocycles. The van der Waals surface area contributed by atoms with Gasteiger partial charge in [0.1, 0.15) is 5.52 Å². The van der Waals surface area contributed by atoms with Crippen molar-refractivity contribution in [2.24, 2.45) is 5.73 Å². The van der Waals surface area contributed by atoms with Crippen LogP contribution in [0.25, 0.3) is 11.1 Å². The van der Waals surface area contributed by atoms with Gasteiger partial charge in [0.2, 0.25) is 0 Å². The molecule has 6 nitrogen and oxygen atoms in total. The third-order valence-electron chi connectivity index (χ3n) is 2.73. The minimum atomic E-state index is -0.882. The molecule has 1 atom stereocenters. The Balaban J connectivity index is 1.89. The van der Waals surface area contributed by atoms with Gasteiger partial charge in [0.25, 0.3) is 0 Å². The molecule has 1 aromatic carbocycles. The highest BCUT2D eigenvalue weighted by Gasteiger charge is 2.08. The zero-order valence-electron chi connectivity index (χ0n) is 10.7. The SMILES string of the molecule is Cc1nc2ccc(CNCC(N)CC(=O)O)cc2o1. The minimum Gasteiger partial charge on any atom is -0.481 e. The lowest BCUT2D eigenvalue weighted by Gasteiger charge is -2.10. The Morgan fingerprint density at radius 2 is 2.37 bits per heavy atom. The van der Waals surface area contributed by atoms with Crippen molar-refractivity contribution in [1.82, 2.24) is 10.3 Å². The van der Waals surface area contributed by atoms with Crippen molar-refractivity contribution in [3.63, 3.8) is 0 Å². The molecule has 0 spiro atoms. The Morgan fingerprint density at radius 3 is 3.11 bits per heavy atom. The number of nitrogens with zero attached hydrogens (tertiary/aromatic N) is 1. The number of hydrogen-bond acceptors (Lipinski definition) is 5. The van der Waals surface area contributed by atoms with Gasteiger partial charge in [0, 0.05) is 26.1 Å². The Morgan fingerprint density at radius 1 is 1.58 bits per heavy atom. The van der Waals surface area contributed by atoms with E-state index >= 15 is 0 Å². The van der Waals surface area contributed by atoms with Gasteiger partial charge in [-0.1, -0.05) is 6.07 Å². The van der Waals surface area contributed by atoms with Gasteiger partial charge in [-0.15, -0.1) is 0 Å². The van der Waals surface area contributed by atoms with Crippen molar-refractivity contribution in [2.75, 3.05) is 6.54 Å². The molecule has 1 heterocycles. The van der Waals surface area contributed by atoms with E-state index < -0.39 is 5.97 Å². The molecule has 2 aromatic rings. The number of aromatic nitrogens is 1. The molecule has 0 radical (unpaired) electrons. The second-order valence-electron chi connectivity index (χ2n) is 4.52. The highest BCUT2D eigenvalue weighted by atomic mass is 16.4. The highest BCUT2D eigenvalue weighted by molar-refractivity contribution is 5.73. The van der Waals surface area contributed by atoms with E-state index in [0.717, 1.165) is 16.7 Å². The monoisotopic (exact) mass is 263 g/mol. The zero-order chi connectivity index (χ0) is 13.8. The normalized spacial score (nSPS) is 12.7. The van der Waals surface area contributed by atoms with Crippen molar-refractivity contribution < 1.29 is 14.3 Å². The minimum absolute atomic E-state index is 0.0344. The number of rotatable bonds is 6. The summed E-state index contributed by atoms with van der Waals surface area (Å²) in [5.41, 5.74) is 8.30. The molecule has 0 saturated heterocycles. The molecule has 19 heavy (non-hydrogen) atoms. The first-order chi connectivity index (χ1) is 9.04. The topological polar surface area (TPSA) is 101 Å². The summed E-state index contributed by atoms with van der Waals surface area (Å²) in [5.74, 6) is -0.239. The molecular formula is C13H17N3O3. The van der Waals surface area contributed by atoms with Gasteiger partial charge in [0.05, 0.1) is 6.42 Å². The fourth-order valence-corrected chi connectivity index (χ4v) is 1.89. The molecule has 0 aliphatic rings. The van der Waals surface area contributed by atoms with Crippen molar-refractivity contribution in [1.29, 1.82) is 0 Å². The molecule has 0 fully saturated rings. The third-order valence-corrected chi connectivity index (χ3v) is 2.73. The van der Waals surface area contributed by atoms with Crippen LogP contribution in [0, 0.1) is 6.92 Å². The Kier molecular flexibility index (Phi) is 4.13. The van der Waals surface area contributed by atoms with Gasteiger partial charge in [-0.3, -0.25) is 4.79 Å². The number of benzene rings is 1. The first kappa shape index (κ1) is 13.5. The molecule has 102 valence electrons. The molecule has 0 aliphatic carbocycles. The van der Waals surface area contributed by atoms with E-state index in [2.05, 4.69) is 10.3 Å². The van der Waals surface area contributed by atoms with E-state index in [1.807, 2.05) is 25.1 Å². The van der Waals surface area contributed by atoms with Crippen molar-refractivity contribution in [3.8, 4) is 0 Å². The standard InChI is InChI=1S/C13H17N3O3/c1-8-16-11-3-2-9(4-12(11)19-8)6-15-7-10(14)5-13(17)18/h2-4,10,15H,5-7,14H2,1H3,(H,17,18). The second-order valence-corrected chi connectivity index (χ2v) is 4.52. The summed E-state index contributed by atoms with van der Waals surface area (Å²) in [6.07, 6.45) is -0.0344. The maximum absolute atomic E-state index is 10.5. The lowest BCUT2D eigenvalue weighted by molar-refractivity contribution is -0.137. The first-order valence-corrected chi connectivity index (χ1v) is 6.09. The van der Waals surface area contributed by atoms with Crippen LogP contribution in [-0.4, -0.2) is 28.6 Å². The van der Waals surface area contributed by atoms with Gasteiger partial charge < -0.3 is 20.6 Å². The van der Waals surface area contributed by atoms with Crippen LogP contribution in [0.4, 0.5) is 0 Å². The average molecular weight is 263 g/mol. The fraction of sp³-hybridized carbons (Fsp3) is 0.385. The van der Waals surface area contributed by atoms with Gasteiger partial charge in [-0.05, 0) is 17.7 Å². The molecule has 0 amide bonds. The van der Waals surface area contributed by atoms with E-state index in [4.69, 9.17) is 15.3 Å². The molecule has 2 rings (SSSR count). The number of carbonyl (C=O) groups is 1. The van der Waals surface area contributed by atoms with Crippen molar-refractivity contribution in [3.05, 3.63) is 29.7 Å². The van der Waals surface area contributed by atoms with Crippen LogP contribution in [0.5, 0.6) is 0 Å². The number of hydrogen-bond donors (Lipinski definition) is 3. The second kappa shape index (κ2) is 5.81. The molecular weight excluding hydrogens is 246 g/mol. The summed E-state index contributed by atoms with van der Waals surface area (Å²) in [7, 11) is 0. The number of nitrogens with two attached hydrogens (primary N) is 1. The van der Waals surface area contributed by atoms with Crippen LogP contribution in [-0.2, 0) is 11.3 Å². The smallest absolute Gasteiger partial charge is 0.304 e. The number of aryl methyl sites for hydroxylation is 1.